The van der Waals surface area contributed by atoms with E-state index >= 15 is 0 Å². The summed E-state index contributed by atoms with van der Waals surface area (Å²) in [6.07, 6.45) is 1.88. The predicted molar refractivity (Wildman–Crippen MR) is 71.2 cm³/mol. The zero-order chi connectivity index (χ0) is 13.1. The molecule has 1 aliphatic rings. The van der Waals surface area contributed by atoms with Gasteiger partial charge in [0, 0.05) is 30.2 Å². The number of carbonyl (C=O) groups is 1. The van der Waals surface area contributed by atoms with Crippen molar-refractivity contribution in [2.24, 2.45) is 0 Å². The van der Waals surface area contributed by atoms with Crippen molar-refractivity contribution in [2.75, 3.05) is 32.9 Å². The Morgan fingerprint density at radius 1 is 1.32 bits per heavy atom. The van der Waals surface area contributed by atoms with Gasteiger partial charge in [0.2, 0.25) is 0 Å². The zero-order valence-electron chi connectivity index (χ0n) is 10.6. The number of H-pyrrole nitrogens is 1. The fraction of sp³-hybridized carbons (Fsp3) is 0.357. The van der Waals surface area contributed by atoms with E-state index in [-0.39, 0.29) is 12.5 Å². The quantitative estimate of drug-likeness (QED) is 0.907. The van der Waals surface area contributed by atoms with Gasteiger partial charge in [-0.25, -0.2) is 0 Å². The van der Waals surface area contributed by atoms with Gasteiger partial charge in [0.05, 0.1) is 13.2 Å². The normalized spacial score (nSPS) is 15.7. The summed E-state index contributed by atoms with van der Waals surface area (Å²) >= 11 is 0. The van der Waals surface area contributed by atoms with Crippen molar-refractivity contribution in [1.82, 2.24) is 9.88 Å². The van der Waals surface area contributed by atoms with Gasteiger partial charge in [0.15, 0.2) is 6.61 Å². The molecule has 1 N–H and O–H groups in total. The molecule has 0 aliphatic carbocycles. The van der Waals surface area contributed by atoms with Crippen LogP contribution in [-0.2, 0) is 9.53 Å². The van der Waals surface area contributed by atoms with Crippen molar-refractivity contribution in [3.63, 3.8) is 0 Å². The number of morpholine rings is 1. The summed E-state index contributed by atoms with van der Waals surface area (Å²) in [6.45, 7) is 2.61. The fourth-order valence-corrected chi connectivity index (χ4v) is 2.17. The number of nitrogens with zero attached hydrogens (tertiary/aromatic N) is 1. The summed E-state index contributed by atoms with van der Waals surface area (Å²) < 4.78 is 10.8. The van der Waals surface area contributed by atoms with Crippen LogP contribution in [0, 0.1) is 0 Å². The molecule has 1 fully saturated rings. The van der Waals surface area contributed by atoms with Crippen LogP contribution >= 0.6 is 0 Å². The topological polar surface area (TPSA) is 54.6 Å². The lowest BCUT2D eigenvalue weighted by Gasteiger charge is -2.26. The highest BCUT2D eigenvalue weighted by atomic mass is 16.5. The monoisotopic (exact) mass is 260 g/mol. The largest absolute Gasteiger partial charge is 0.484 e. The highest BCUT2D eigenvalue weighted by Crippen LogP contribution is 2.19. The van der Waals surface area contributed by atoms with Gasteiger partial charge in [0.25, 0.3) is 5.91 Å². The molecule has 100 valence electrons. The van der Waals surface area contributed by atoms with Crippen LogP contribution in [0.1, 0.15) is 0 Å². The minimum Gasteiger partial charge on any atom is -0.484 e. The third-order valence-electron chi connectivity index (χ3n) is 3.25. The predicted octanol–water partition coefficient (Wildman–Crippen LogP) is 1.41. The standard InChI is InChI=1S/C14H16N2O3/c17-14(16-5-7-18-8-6-16)10-19-12-1-2-13-11(9-12)3-4-15-13/h1-4,9,15H,5-8,10H2. The lowest BCUT2D eigenvalue weighted by Crippen LogP contribution is -2.42. The molecule has 2 heterocycles. The molecule has 1 amide bonds. The van der Waals surface area contributed by atoms with Crippen LogP contribution in [0.15, 0.2) is 30.5 Å². The summed E-state index contributed by atoms with van der Waals surface area (Å²) in [5.41, 5.74) is 1.06. The second-order valence-electron chi connectivity index (χ2n) is 4.51. The van der Waals surface area contributed by atoms with Gasteiger partial charge in [-0.05, 0) is 24.3 Å². The summed E-state index contributed by atoms with van der Waals surface area (Å²) in [5.74, 6) is 0.728. The third kappa shape index (κ3) is 2.71. The van der Waals surface area contributed by atoms with E-state index in [0.29, 0.717) is 32.1 Å². The Bertz CT molecular complexity index is 573. The van der Waals surface area contributed by atoms with Crippen LogP contribution in [0.25, 0.3) is 10.9 Å². The maximum atomic E-state index is 11.9. The summed E-state index contributed by atoms with van der Waals surface area (Å²) in [5, 5.41) is 1.08. The number of aromatic nitrogens is 1. The van der Waals surface area contributed by atoms with E-state index in [1.807, 2.05) is 30.5 Å². The first kappa shape index (κ1) is 12.0. The number of benzene rings is 1. The van der Waals surface area contributed by atoms with Crippen molar-refractivity contribution in [1.29, 1.82) is 0 Å². The van der Waals surface area contributed by atoms with E-state index < -0.39 is 0 Å². The minimum atomic E-state index is 0.0115. The third-order valence-corrected chi connectivity index (χ3v) is 3.25. The van der Waals surface area contributed by atoms with E-state index in [2.05, 4.69) is 4.98 Å². The lowest BCUT2D eigenvalue weighted by atomic mass is 10.2. The lowest BCUT2D eigenvalue weighted by molar-refractivity contribution is -0.137. The van der Waals surface area contributed by atoms with Gasteiger partial charge in [-0.3, -0.25) is 4.79 Å². The van der Waals surface area contributed by atoms with Gasteiger partial charge in [0.1, 0.15) is 5.75 Å². The Balaban J connectivity index is 1.60. The molecule has 1 aromatic carbocycles. The molecule has 3 rings (SSSR count). The Labute approximate surface area is 111 Å². The van der Waals surface area contributed by atoms with Crippen molar-refractivity contribution < 1.29 is 14.3 Å². The van der Waals surface area contributed by atoms with Crippen LogP contribution in [0.4, 0.5) is 0 Å². The summed E-state index contributed by atoms with van der Waals surface area (Å²) in [4.78, 5) is 16.8. The average molecular weight is 260 g/mol. The number of aromatic amines is 1. The average Bonchev–Trinajstić information content (AvgIpc) is 2.93. The molecule has 1 saturated heterocycles. The molecule has 19 heavy (non-hydrogen) atoms. The van der Waals surface area contributed by atoms with E-state index in [4.69, 9.17) is 9.47 Å². The van der Waals surface area contributed by atoms with Crippen molar-refractivity contribution >= 4 is 16.8 Å². The van der Waals surface area contributed by atoms with E-state index in [0.717, 1.165) is 10.9 Å². The molecule has 0 radical (unpaired) electrons. The molecule has 5 heteroatoms. The molecule has 0 unspecified atom stereocenters. The summed E-state index contributed by atoms with van der Waals surface area (Å²) in [6, 6.07) is 7.72. The van der Waals surface area contributed by atoms with E-state index in [1.165, 1.54) is 0 Å². The molecule has 1 aliphatic heterocycles. The van der Waals surface area contributed by atoms with Gasteiger partial charge in [-0.15, -0.1) is 0 Å². The molecule has 0 atom stereocenters. The highest BCUT2D eigenvalue weighted by Gasteiger charge is 2.17. The van der Waals surface area contributed by atoms with Gasteiger partial charge in [-0.1, -0.05) is 0 Å². The zero-order valence-corrected chi connectivity index (χ0v) is 10.6. The number of fused-ring (bicyclic) bond motifs is 1. The van der Waals surface area contributed by atoms with Crippen LogP contribution < -0.4 is 4.74 Å². The van der Waals surface area contributed by atoms with Crippen LogP contribution in [-0.4, -0.2) is 48.7 Å². The Hall–Kier alpha value is -2.01. The molecular formula is C14H16N2O3. The Morgan fingerprint density at radius 2 is 2.16 bits per heavy atom. The number of hydrogen-bond donors (Lipinski definition) is 1. The number of nitrogens with one attached hydrogen (secondary N) is 1. The van der Waals surface area contributed by atoms with Crippen LogP contribution in [0.2, 0.25) is 0 Å². The number of amides is 1. The molecule has 2 aromatic rings. The molecule has 0 saturated carbocycles. The molecule has 1 aromatic heterocycles. The molecule has 0 bridgehead atoms. The Morgan fingerprint density at radius 3 is 3.00 bits per heavy atom. The van der Waals surface area contributed by atoms with Gasteiger partial charge in [-0.2, -0.15) is 0 Å². The van der Waals surface area contributed by atoms with Crippen LogP contribution in [0.5, 0.6) is 5.75 Å². The van der Waals surface area contributed by atoms with Crippen LogP contribution in [0.3, 0.4) is 0 Å². The van der Waals surface area contributed by atoms with Gasteiger partial charge < -0.3 is 19.4 Å². The summed E-state index contributed by atoms with van der Waals surface area (Å²) in [7, 11) is 0. The van der Waals surface area contributed by atoms with E-state index in [1.54, 1.807) is 4.90 Å². The van der Waals surface area contributed by atoms with Crippen molar-refractivity contribution in [3.05, 3.63) is 30.5 Å². The highest BCUT2D eigenvalue weighted by molar-refractivity contribution is 5.81. The molecular weight excluding hydrogens is 244 g/mol. The first-order valence-corrected chi connectivity index (χ1v) is 6.38. The maximum absolute atomic E-state index is 11.9. The van der Waals surface area contributed by atoms with E-state index in [9.17, 15) is 4.79 Å². The fourth-order valence-electron chi connectivity index (χ4n) is 2.17. The Kier molecular flexibility index (Phi) is 3.37. The second kappa shape index (κ2) is 5.32. The second-order valence-corrected chi connectivity index (χ2v) is 4.51. The number of ether oxygens (including phenoxy) is 2. The number of carbonyl (C=O) groups excluding carboxylic acids is 1. The smallest absolute Gasteiger partial charge is 0.260 e. The first-order valence-electron chi connectivity index (χ1n) is 6.38. The maximum Gasteiger partial charge on any atom is 0.260 e. The molecule has 5 nitrogen and oxygen atoms in total. The SMILES string of the molecule is O=C(COc1ccc2[nH]ccc2c1)N1CCOCC1. The van der Waals surface area contributed by atoms with Crippen molar-refractivity contribution in [2.45, 2.75) is 0 Å². The first-order chi connectivity index (χ1) is 9.33. The van der Waals surface area contributed by atoms with Crippen molar-refractivity contribution in [3.8, 4) is 5.75 Å². The number of rotatable bonds is 3. The minimum absolute atomic E-state index is 0.0115. The number of hydrogen-bond acceptors (Lipinski definition) is 3. The molecule has 0 spiro atoms. The van der Waals surface area contributed by atoms with Gasteiger partial charge >= 0.3 is 0 Å².